The van der Waals surface area contributed by atoms with Gasteiger partial charge < -0.3 is 10.1 Å². The van der Waals surface area contributed by atoms with E-state index in [1.165, 1.54) is 0 Å². The molecule has 0 aromatic carbocycles. The number of halogens is 4. The van der Waals surface area contributed by atoms with Crippen LogP contribution >= 0.6 is 10.7 Å². The molecule has 0 unspecified atom stereocenters. The monoisotopic (exact) mass is 307 g/mol. The van der Waals surface area contributed by atoms with Crippen molar-refractivity contribution in [2.24, 2.45) is 0 Å². The Morgan fingerprint density at radius 2 is 2.06 bits per heavy atom. The van der Waals surface area contributed by atoms with E-state index >= 15 is 0 Å². The predicted molar refractivity (Wildman–Crippen MR) is 52.6 cm³/mol. The summed E-state index contributed by atoms with van der Waals surface area (Å²) in [6, 6.07) is 0. The summed E-state index contributed by atoms with van der Waals surface area (Å²) in [7, 11) is 0.458. The Labute approximate surface area is 103 Å². The van der Waals surface area contributed by atoms with E-state index < -0.39 is 43.8 Å². The lowest BCUT2D eigenvalue weighted by Crippen LogP contribution is -2.12. The first-order valence-electron chi connectivity index (χ1n) is 4.24. The summed E-state index contributed by atoms with van der Waals surface area (Å²) in [5, 5.41) is 13.6. The van der Waals surface area contributed by atoms with Gasteiger partial charge in [-0.2, -0.15) is 17.9 Å². The highest BCUT2D eigenvalue weighted by atomic mass is 35.7. The first-order chi connectivity index (χ1) is 8.00. The molecule has 1 aromatic rings. The fraction of sp³-hybridized carbons (Fsp3) is 0.500. The lowest BCUT2D eigenvalue weighted by atomic mass is 10.4. The van der Waals surface area contributed by atoms with Crippen LogP contribution in [0.5, 0.6) is 0 Å². The van der Waals surface area contributed by atoms with Crippen molar-refractivity contribution in [3.05, 3.63) is 16.3 Å². The second-order valence-corrected chi connectivity index (χ2v) is 5.67. The van der Waals surface area contributed by atoms with E-state index in [4.69, 9.17) is 10.7 Å². The van der Waals surface area contributed by atoms with Gasteiger partial charge in [-0.05, 0) is 4.92 Å². The zero-order chi connectivity index (χ0) is 14.1. The van der Waals surface area contributed by atoms with E-state index in [-0.39, 0.29) is 0 Å². The first-order valence-corrected chi connectivity index (χ1v) is 6.55. The third-order valence-electron chi connectivity index (χ3n) is 1.77. The van der Waals surface area contributed by atoms with Crippen molar-refractivity contribution in [3.8, 4) is 0 Å². The van der Waals surface area contributed by atoms with Crippen LogP contribution < -0.4 is 0 Å². The number of hydrogen-bond donors (Lipinski definition) is 0. The molecule has 0 N–H and O–H groups in total. The molecule has 18 heavy (non-hydrogen) atoms. The number of aromatic nitrogens is 2. The molecule has 0 fully saturated rings. The van der Waals surface area contributed by atoms with Gasteiger partial charge in [0, 0.05) is 10.7 Å². The quantitative estimate of drug-likeness (QED) is 0.479. The van der Waals surface area contributed by atoms with Crippen LogP contribution in [-0.4, -0.2) is 29.3 Å². The molecule has 0 aliphatic heterocycles. The van der Waals surface area contributed by atoms with Crippen molar-refractivity contribution < 1.29 is 26.5 Å². The third kappa shape index (κ3) is 3.84. The van der Waals surface area contributed by atoms with Crippen LogP contribution in [0.15, 0.2) is 11.1 Å². The molecule has 7 nitrogen and oxygen atoms in total. The minimum atomic E-state index is -4.49. The van der Waals surface area contributed by atoms with Crippen LogP contribution in [0, 0.1) is 10.1 Å². The van der Waals surface area contributed by atoms with Crippen molar-refractivity contribution in [1.82, 2.24) is 9.78 Å². The Morgan fingerprint density at radius 3 is 2.39 bits per heavy atom. The summed E-state index contributed by atoms with van der Waals surface area (Å²) in [6.07, 6.45) is -5.19. The molecule has 12 heteroatoms. The molecular formula is C6H5ClF3N3O4S. The smallest absolute Gasteiger partial charge is 0.358 e. The Morgan fingerprint density at radius 1 is 1.50 bits per heavy atom. The van der Waals surface area contributed by atoms with Gasteiger partial charge in [0.2, 0.25) is 4.90 Å². The number of aryl methyl sites for hydroxylation is 1. The first kappa shape index (κ1) is 14.7. The molecular weight excluding hydrogens is 303 g/mol. The second kappa shape index (κ2) is 4.72. The van der Waals surface area contributed by atoms with E-state index in [9.17, 15) is 31.7 Å². The molecule has 0 radical (unpaired) electrons. The highest BCUT2D eigenvalue weighted by molar-refractivity contribution is 8.13. The van der Waals surface area contributed by atoms with E-state index in [2.05, 4.69) is 5.10 Å². The SMILES string of the molecule is O=[N+]([O-])c1nn(CCC(F)(F)F)cc1S(=O)(=O)Cl. The molecule has 1 heterocycles. The molecule has 0 saturated heterocycles. The Balaban J connectivity index is 3.08. The van der Waals surface area contributed by atoms with E-state index in [1.807, 2.05) is 0 Å². The van der Waals surface area contributed by atoms with Crippen LogP contribution in [-0.2, 0) is 15.6 Å². The molecule has 102 valence electrons. The molecule has 1 rings (SSSR count). The summed E-state index contributed by atoms with van der Waals surface area (Å²) in [5.41, 5.74) is 0. The van der Waals surface area contributed by atoms with Gasteiger partial charge in [0.15, 0.2) is 0 Å². The van der Waals surface area contributed by atoms with Crippen LogP contribution in [0.3, 0.4) is 0 Å². The molecule has 0 aliphatic carbocycles. The summed E-state index contributed by atoms with van der Waals surface area (Å²) in [4.78, 5) is 8.39. The normalized spacial score (nSPS) is 12.7. The summed E-state index contributed by atoms with van der Waals surface area (Å²) >= 11 is 0. The number of hydrogen-bond acceptors (Lipinski definition) is 5. The van der Waals surface area contributed by atoms with E-state index in [0.29, 0.717) is 10.9 Å². The van der Waals surface area contributed by atoms with Gasteiger partial charge in [0.1, 0.15) is 0 Å². The zero-order valence-electron chi connectivity index (χ0n) is 8.39. The van der Waals surface area contributed by atoms with Gasteiger partial charge in [-0.1, -0.05) is 0 Å². The highest BCUT2D eigenvalue weighted by Gasteiger charge is 2.32. The Hall–Kier alpha value is -1.36. The average molecular weight is 308 g/mol. The molecule has 0 amide bonds. The van der Waals surface area contributed by atoms with Crippen LogP contribution in [0.1, 0.15) is 6.42 Å². The number of nitro groups is 1. The predicted octanol–water partition coefficient (Wildman–Crippen LogP) is 1.67. The number of nitrogens with zero attached hydrogens (tertiary/aromatic N) is 3. The fourth-order valence-electron chi connectivity index (χ4n) is 1.05. The van der Waals surface area contributed by atoms with Gasteiger partial charge in [0.05, 0.1) is 24.3 Å². The topological polar surface area (TPSA) is 95.1 Å². The second-order valence-electron chi connectivity index (χ2n) is 3.14. The van der Waals surface area contributed by atoms with Crippen LogP contribution in [0.2, 0.25) is 0 Å². The number of alkyl halides is 3. The Bertz CT molecular complexity index is 567. The van der Waals surface area contributed by atoms with Crippen molar-refractivity contribution in [2.45, 2.75) is 24.0 Å². The summed E-state index contributed by atoms with van der Waals surface area (Å²) < 4.78 is 58.2. The molecule has 0 atom stereocenters. The van der Waals surface area contributed by atoms with Gasteiger partial charge in [-0.25, -0.2) is 8.42 Å². The highest BCUT2D eigenvalue weighted by Crippen LogP contribution is 2.26. The van der Waals surface area contributed by atoms with Crippen molar-refractivity contribution in [3.63, 3.8) is 0 Å². The minimum absolute atomic E-state index is 0.515. The maximum absolute atomic E-state index is 11.9. The van der Waals surface area contributed by atoms with Crippen LogP contribution in [0.4, 0.5) is 19.0 Å². The maximum atomic E-state index is 11.9. The lowest BCUT2D eigenvalue weighted by Gasteiger charge is -2.02. The molecule has 0 saturated carbocycles. The molecule has 0 bridgehead atoms. The molecule has 0 aliphatic rings. The van der Waals surface area contributed by atoms with Crippen molar-refractivity contribution >= 4 is 25.6 Å². The maximum Gasteiger partial charge on any atom is 0.410 e. The lowest BCUT2D eigenvalue weighted by molar-refractivity contribution is -0.392. The third-order valence-corrected chi connectivity index (χ3v) is 3.08. The summed E-state index contributed by atoms with van der Waals surface area (Å²) in [5.74, 6) is -1.10. The van der Waals surface area contributed by atoms with Gasteiger partial charge in [0.25, 0.3) is 9.05 Å². The van der Waals surface area contributed by atoms with E-state index in [0.717, 1.165) is 0 Å². The van der Waals surface area contributed by atoms with E-state index in [1.54, 1.807) is 0 Å². The minimum Gasteiger partial charge on any atom is -0.358 e. The molecule has 0 spiro atoms. The number of rotatable bonds is 4. The van der Waals surface area contributed by atoms with Crippen molar-refractivity contribution in [1.29, 1.82) is 0 Å². The zero-order valence-corrected chi connectivity index (χ0v) is 9.96. The Kier molecular flexibility index (Phi) is 3.86. The summed E-state index contributed by atoms with van der Waals surface area (Å²) in [6.45, 7) is -0.739. The fourth-order valence-corrected chi connectivity index (χ4v) is 1.95. The average Bonchev–Trinajstić information content (AvgIpc) is 2.56. The van der Waals surface area contributed by atoms with Crippen molar-refractivity contribution in [2.75, 3.05) is 0 Å². The van der Waals surface area contributed by atoms with Gasteiger partial charge in [-0.3, -0.25) is 0 Å². The standard InChI is InChI=1S/C6H5ClF3N3O4S/c7-18(16,17)4-3-12(2-1-6(8,9)10)11-5(4)13(14)15/h3H,1-2H2. The van der Waals surface area contributed by atoms with Gasteiger partial charge >= 0.3 is 12.0 Å². The largest absolute Gasteiger partial charge is 0.410 e. The van der Waals surface area contributed by atoms with Gasteiger partial charge in [-0.15, -0.1) is 0 Å². The molecule has 1 aromatic heterocycles. The van der Waals surface area contributed by atoms with Crippen LogP contribution in [0.25, 0.3) is 0 Å².